The van der Waals surface area contributed by atoms with Gasteiger partial charge in [0.05, 0.1) is 11.7 Å². The van der Waals surface area contributed by atoms with Gasteiger partial charge in [-0.3, -0.25) is 0 Å². The molecular weight excluding hydrogens is 406 g/mol. The van der Waals surface area contributed by atoms with Gasteiger partial charge in [-0.25, -0.2) is 13.7 Å². The summed E-state index contributed by atoms with van der Waals surface area (Å²) in [5, 5.41) is 13.1. The molecule has 1 N–H and O–H groups in total. The second kappa shape index (κ2) is 9.02. The molecule has 0 aliphatic carbocycles. The number of pyridine rings is 1. The first-order valence-corrected chi connectivity index (χ1v) is 9.14. The molecule has 2 aromatic heterocycles. The summed E-state index contributed by atoms with van der Waals surface area (Å²) in [5.74, 6) is -1.45. The van der Waals surface area contributed by atoms with E-state index in [1.807, 2.05) is 18.3 Å². The smallest absolute Gasteiger partial charge is 0.422 e. The summed E-state index contributed by atoms with van der Waals surface area (Å²) >= 11 is 0. The lowest BCUT2D eigenvalue weighted by molar-refractivity contribution is -0.153. The molecule has 3 aromatic rings. The summed E-state index contributed by atoms with van der Waals surface area (Å²) in [6.45, 7) is 0.734. The number of nitrogens with zero attached hydrogens (tertiary/aromatic N) is 3. The van der Waals surface area contributed by atoms with Gasteiger partial charge < -0.3 is 14.7 Å². The largest absolute Gasteiger partial charge is 0.484 e. The van der Waals surface area contributed by atoms with Crippen LogP contribution in [0.2, 0.25) is 0 Å². The van der Waals surface area contributed by atoms with E-state index in [2.05, 4.69) is 14.7 Å². The second-order valence-electron chi connectivity index (χ2n) is 6.63. The molecule has 4 rings (SSSR count). The molecular formula is C20H19F4N3O3. The Hall–Kier alpha value is -3.30. The molecule has 0 unspecified atom stereocenters. The summed E-state index contributed by atoms with van der Waals surface area (Å²) in [6, 6.07) is 8.23. The quantitative estimate of drug-likeness (QED) is 0.628. The number of fused-ring (bicyclic) bond motifs is 1. The van der Waals surface area contributed by atoms with E-state index in [4.69, 9.17) is 5.11 Å². The van der Waals surface area contributed by atoms with Crippen LogP contribution in [-0.4, -0.2) is 46.6 Å². The van der Waals surface area contributed by atoms with E-state index in [9.17, 15) is 22.4 Å². The van der Waals surface area contributed by atoms with Crippen LogP contribution in [0.15, 0.2) is 48.8 Å². The van der Waals surface area contributed by atoms with Crippen molar-refractivity contribution in [2.45, 2.75) is 19.0 Å². The van der Waals surface area contributed by atoms with Crippen LogP contribution >= 0.6 is 0 Å². The zero-order valence-electron chi connectivity index (χ0n) is 15.8. The van der Waals surface area contributed by atoms with Crippen molar-refractivity contribution in [3.05, 3.63) is 60.2 Å². The number of ether oxygens (including phenoxy) is 1. The Morgan fingerprint density at radius 2 is 1.80 bits per heavy atom. The van der Waals surface area contributed by atoms with Gasteiger partial charge >= 0.3 is 12.1 Å². The third kappa shape index (κ3) is 5.62. The minimum absolute atomic E-state index is 0.00118. The highest BCUT2D eigenvalue weighted by molar-refractivity contribution is 5.95. The maximum absolute atomic E-state index is 12.3. The average Bonchev–Trinajstić information content (AvgIpc) is 3.37. The van der Waals surface area contributed by atoms with Gasteiger partial charge in [0.2, 0.25) is 0 Å². The summed E-state index contributed by atoms with van der Waals surface area (Å²) in [4.78, 5) is 13.3. The molecule has 0 spiro atoms. The van der Waals surface area contributed by atoms with Crippen molar-refractivity contribution in [3.63, 3.8) is 0 Å². The van der Waals surface area contributed by atoms with Crippen LogP contribution in [0.5, 0.6) is 5.75 Å². The van der Waals surface area contributed by atoms with Gasteiger partial charge in [-0.2, -0.15) is 18.3 Å². The van der Waals surface area contributed by atoms with E-state index in [0.717, 1.165) is 43.0 Å². The number of aromatic carboxylic acids is 1. The Morgan fingerprint density at radius 1 is 1.13 bits per heavy atom. The third-order valence-electron chi connectivity index (χ3n) is 4.42. The van der Waals surface area contributed by atoms with Crippen LogP contribution in [0.3, 0.4) is 0 Å². The van der Waals surface area contributed by atoms with E-state index in [1.165, 1.54) is 19.0 Å². The molecule has 1 aromatic carbocycles. The molecule has 30 heavy (non-hydrogen) atoms. The lowest BCUT2D eigenvalue weighted by Gasteiger charge is -2.17. The van der Waals surface area contributed by atoms with Gasteiger partial charge in [0.15, 0.2) is 6.61 Å². The van der Waals surface area contributed by atoms with Gasteiger partial charge in [-0.1, -0.05) is 0 Å². The van der Waals surface area contributed by atoms with Gasteiger partial charge in [-0.15, -0.1) is 0 Å². The van der Waals surface area contributed by atoms with Crippen LogP contribution < -0.4 is 9.64 Å². The number of carboxylic acids is 1. The fourth-order valence-corrected chi connectivity index (χ4v) is 3.00. The molecule has 0 amide bonds. The van der Waals surface area contributed by atoms with Gasteiger partial charge in [0, 0.05) is 25.0 Å². The zero-order chi connectivity index (χ0) is 21.7. The third-order valence-corrected chi connectivity index (χ3v) is 4.42. The number of alkyl halides is 3. The first-order valence-electron chi connectivity index (χ1n) is 9.14. The van der Waals surface area contributed by atoms with Gasteiger partial charge in [0.1, 0.15) is 17.1 Å². The van der Waals surface area contributed by atoms with Crippen molar-refractivity contribution in [1.82, 2.24) is 9.61 Å². The zero-order valence-corrected chi connectivity index (χ0v) is 15.8. The Kier molecular flexibility index (Phi) is 6.43. The number of hydrogen-bond donors (Lipinski definition) is 1. The Morgan fingerprint density at radius 3 is 2.40 bits per heavy atom. The SMILES string of the molecule is Fc1ccc(OCC(F)(F)F)cc1.O=C(O)c1cnn2ccc(N3CCCC3)cc12. The molecule has 1 aliphatic heterocycles. The molecule has 0 bridgehead atoms. The standard InChI is InChI=1S/C12H13N3O2.C8H6F4O/c16-12(17)10-8-13-15-6-3-9(7-11(10)15)14-4-1-2-5-14;9-6-1-3-7(4-2-6)13-5-8(10,11)12/h3,6-8H,1-2,4-5H2,(H,16,17);1-4H,5H2. The van der Waals surface area contributed by atoms with E-state index in [-0.39, 0.29) is 11.3 Å². The lowest BCUT2D eigenvalue weighted by Crippen LogP contribution is -2.19. The fraction of sp³-hybridized carbons (Fsp3) is 0.300. The van der Waals surface area contributed by atoms with Crippen molar-refractivity contribution in [2.24, 2.45) is 0 Å². The minimum atomic E-state index is -4.37. The molecule has 160 valence electrons. The monoisotopic (exact) mass is 425 g/mol. The maximum atomic E-state index is 12.3. The predicted octanol–water partition coefficient (Wildman–Crippen LogP) is 4.40. The summed E-state index contributed by atoms with van der Waals surface area (Å²) in [7, 11) is 0. The van der Waals surface area contributed by atoms with E-state index >= 15 is 0 Å². The topological polar surface area (TPSA) is 67.1 Å². The molecule has 0 saturated carbocycles. The van der Waals surface area contributed by atoms with E-state index < -0.39 is 24.6 Å². The summed E-state index contributed by atoms with van der Waals surface area (Å²) in [6.07, 6.45) is 1.25. The Labute approximate surface area is 169 Å². The number of aromatic nitrogens is 2. The van der Waals surface area contributed by atoms with Crippen molar-refractivity contribution < 1.29 is 32.2 Å². The van der Waals surface area contributed by atoms with Gasteiger partial charge in [-0.05, 0) is 49.2 Å². The number of carboxylic acid groups (broad SMARTS) is 1. The normalized spacial score (nSPS) is 13.8. The Bertz CT molecular complexity index is 997. The van der Waals surface area contributed by atoms with E-state index in [0.29, 0.717) is 5.52 Å². The summed E-state index contributed by atoms with van der Waals surface area (Å²) in [5.41, 5.74) is 1.99. The number of hydrogen-bond acceptors (Lipinski definition) is 4. The number of benzene rings is 1. The number of anilines is 1. The summed E-state index contributed by atoms with van der Waals surface area (Å²) < 4.78 is 53.1. The van der Waals surface area contributed by atoms with Crippen LogP contribution in [0.4, 0.5) is 23.2 Å². The minimum Gasteiger partial charge on any atom is -0.484 e. The van der Waals surface area contributed by atoms with Crippen molar-refractivity contribution in [2.75, 3.05) is 24.6 Å². The predicted molar refractivity (Wildman–Crippen MR) is 102 cm³/mol. The molecule has 1 fully saturated rings. The molecule has 10 heteroatoms. The number of carbonyl (C=O) groups is 1. The molecule has 3 heterocycles. The van der Waals surface area contributed by atoms with Crippen LogP contribution in [0.25, 0.3) is 5.52 Å². The lowest BCUT2D eigenvalue weighted by atomic mass is 10.2. The molecule has 1 aliphatic rings. The van der Waals surface area contributed by atoms with Crippen LogP contribution in [-0.2, 0) is 0 Å². The first-order chi connectivity index (χ1) is 14.2. The second-order valence-corrected chi connectivity index (χ2v) is 6.63. The highest BCUT2D eigenvalue weighted by Gasteiger charge is 2.28. The Balaban J connectivity index is 0.000000178. The number of halogens is 4. The fourth-order valence-electron chi connectivity index (χ4n) is 3.00. The maximum Gasteiger partial charge on any atom is 0.422 e. The average molecular weight is 425 g/mol. The highest BCUT2D eigenvalue weighted by atomic mass is 19.4. The van der Waals surface area contributed by atoms with Crippen LogP contribution in [0.1, 0.15) is 23.2 Å². The van der Waals surface area contributed by atoms with Crippen molar-refractivity contribution >= 4 is 17.2 Å². The first kappa shape index (κ1) is 21.4. The molecule has 1 saturated heterocycles. The highest BCUT2D eigenvalue weighted by Crippen LogP contribution is 2.23. The van der Waals surface area contributed by atoms with Crippen molar-refractivity contribution in [1.29, 1.82) is 0 Å². The van der Waals surface area contributed by atoms with E-state index in [1.54, 1.807) is 4.52 Å². The number of rotatable bonds is 4. The molecule has 0 radical (unpaired) electrons. The molecule has 6 nitrogen and oxygen atoms in total. The molecule has 0 atom stereocenters. The van der Waals surface area contributed by atoms with Gasteiger partial charge in [0.25, 0.3) is 0 Å². The van der Waals surface area contributed by atoms with Crippen molar-refractivity contribution in [3.8, 4) is 5.75 Å². The van der Waals surface area contributed by atoms with Crippen LogP contribution in [0, 0.1) is 5.82 Å².